The third-order valence-corrected chi connectivity index (χ3v) is 12.9. The van der Waals surface area contributed by atoms with Crippen molar-refractivity contribution in [2.24, 2.45) is 0 Å². The van der Waals surface area contributed by atoms with Crippen molar-refractivity contribution in [2.75, 3.05) is 54.0 Å². The van der Waals surface area contributed by atoms with Crippen LogP contribution in [-0.2, 0) is 0 Å². The van der Waals surface area contributed by atoms with Gasteiger partial charge in [-0.05, 0) is 120 Å². The lowest BCUT2D eigenvalue weighted by Crippen LogP contribution is -2.29. The Morgan fingerprint density at radius 2 is 0.905 bits per heavy atom. The predicted molar refractivity (Wildman–Crippen MR) is 280 cm³/mol. The average molecular weight is 1080 g/mol. The van der Waals surface area contributed by atoms with Gasteiger partial charge in [0.1, 0.15) is 29.6 Å². The van der Waals surface area contributed by atoms with E-state index < -0.39 is 24.3 Å². The van der Waals surface area contributed by atoms with E-state index in [4.69, 9.17) is 10.0 Å². The smallest absolute Gasteiger partial charge is 0.423 e. The Balaban J connectivity index is 0.000000168. The fourth-order valence-electron chi connectivity index (χ4n) is 8.66. The fraction of sp³-hybridized carbons (Fsp3) is 0.269. The van der Waals surface area contributed by atoms with Crippen LogP contribution in [0.5, 0.6) is 0 Å². The number of aliphatic hydroxyl groups excluding tert-OH is 1. The quantitative estimate of drug-likeness (QED) is 0.0448. The molecule has 3 aliphatic rings. The van der Waals surface area contributed by atoms with Gasteiger partial charge in [-0.25, -0.2) is 0 Å². The van der Waals surface area contributed by atoms with Crippen LogP contribution in [0.2, 0.25) is 0 Å². The van der Waals surface area contributed by atoms with Crippen molar-refractivity contribution in [1.29, 1.82) is 0 Å². The van der Waals surface area contributed by atoms with Crippen LogP contribution in [0.4, 0.5) is 47.3 Å². The number of aliphatic hydroxyl groups is 1. The molecular weight excluding hydrogens is 1030 g/mol. The number of alkyl halides is 3. The highest BCUT2D eigenvalue weighted by Gasteiger charge is 2.39. The minimum atomic E-state index is -4.76. The molecule has 0 radical (unpaired) electrons. The van der Waals surface area contributed by atoms with Crippen molar-refractivity contribution in [3.63, 3.8) is 0 Å². The molecule has 0 aromatic heterocycles. The van der Waals surface area contributed by atoms with Crippen LogP contribution in [0.3, 0.4) is 0 Å². The molecule has 0 amide bonds. The summed E-state index contributed by atoms with van der Waals surface area (Å²) in [5, 5.41) is 60.2. The molecule has 3 N–H and O–H groups in total. The van der Waals surface area contributed by atoms with Crippen LogP contribution < -0.4 is 20.2 Å². The van der Waals surface area contributed by atoms with Crippen LogP contribution in [0, 0.1) is 30.3 Å². The third kappa shape index (κ3) is 14.8. The Labute approximate surface area is 432 Å². The largest absolute Gasteiger partial charge is 0.488 e. The summed E-state index contributed by atoms with van der Waals surface area (Å²) in [7, 11) is -1.50. The number of hydrogen-bond acceptors (Lipinski definition) is 14. The highest BCUT2D eigenvalue weighted by molar-refractivity contribution is 9.10. The summed E-state index contributed by atoms with van der Waals surface area (Å²) in [5.41, 5.74) is 6.06. The van der Waals surface area contributed by atoms with Crippen LogP contribution in [0.1, 0.15) is 70.9 Å². The topological polar surface area (TPSA) is 234 Å². The first-order valence-electron chi connectivity index (χ1n) is 23.5. The standard InChI is InChI=1S/C18H17F3N2O3.C17H16N2O3.C10H11BrN2O2.C7H7BO3/c19-18(20,21)17(24)14-5-3-4-12(10-14)13-6-7-15(23(25)26)16(11-13)22-8-1-2-9-22;20-12-13-4-3-5-14(10-13)15-6-7-16(19(21)22)17(11-15)18-8-1-2-9-18;11-8-3-4-9(13(14)15)10(7-8)12-5-1-2-6-12;9-5-6-2-1-3-7(4-6)8(10)11/h3-7,10-11,17,24H,1-2,8-9H2;3-7,10-12H,1-2,8-9H2;3-4,7H,1-2,5-6H2;1-5,10-11H. The number of nitrogens with zero attached hydrogens (tertiary/aromatic N) is 6. The van der Waals surface area contributed by atoms with E-state index in [1.165, 1.54) is 42.5 Å². The number of nitro benzene ring substituents is 3. The van der Waals surface area contributed by atoms with E-state index in [-0.39, 0.29) is 32.5 Å². The molecule has 0 spiro atoms. The molecule has 3 heterocycles. The van der Waals surface area contributed by atoms with Gasteiger partial charge in [-0.15, -0.1) is 0 Å². The highest BCUT2D eigenvalue weighted by Crippen LogP contribution is 2.39. The van der Waals surface area contributed by atoms with Gasteiger partial charge in [-0.2, -0.15) is 13.2 Å². The Kier molecular flexibility index (Phi) is 19.5. The van der Waals surface area contributed by atoms with Gasteiger partial charge in [0.05, 0.1) is 14.8 Å². The predicted octanol–water partition coefficient (Wildman–Crippen LogP) is 10.3. The van der Waals surface area contributed by atoms with Gasteiger partial charge in [-0.3, -0.25) is 39.9 Å². The lowest BCUT2D eigenvalue weighted by molar-refractivity contribution is -0.384. The number of hydrogen-bond donors (Lipinski definition) is 3. The number of aldehydes is 2. The van der Waals surface area contributed by atoms with Crippen LogP contribution in [0.15, 0.2) is 132 Å². The number of carbonyl (C=O) groups excluding carboxylic acids is 2. The van der Waals surface area contributed by atoms with Gasteiger partial charge in [0.25, 0.3) is 17.1 Å². The van der Waals surface area contributed by atoms with Gasteiger partial charge in [0, 0.05) is 73.1 Å². The highest BCUT2D eigenvalue weighted by atomic mass is 79.9. The van der Waals surface area contributed by atoms with Crippen molar-refractivity contribution >= 4 is 75.2 Å². The Morgan fingerprint density at radius 3 is 1.32 bits per heavy atom. The summed E-state index contributed by atoms with van der Waals surface area (Å²) in [6.07, 6.45) is 0.357. The molecule has 22 heteroatoms. The Hall–Kier alpha value is -7.53. The minimum Gasteiger partial charge on any atom is -0.423 e. The zero-order valence-corrected chi connectivity index (χ0v) is 41.3. The molecule has 0 saturated carbocycles. The van der Waals surface area contributed by atoms with Crippen molar-refractivity contribution in [1.82, 2.24) is 0 Å². The first-order valence-corrected chi connectivity index (χ1v) is 24.3. The molecule has 74 heavy (non-hydrogen) atoms. The van der Waals surface area contributed by atoms with Crippen LogP contribution >= 0.6 is 15.9 Å². The summed E-state index contributed by atoms with van der Waals surface area (Å²) < 4.78 is 39.1. The molecule has 1 atom stereocenters. The summed E-state index contributed by atoms with van der Waals surface area (Å²) in [6.45, 7) is 4.93. The maximum atomic E-state index is 12.7. The number of carbonyl (C=O) groups is 2. The molecule has 3 aliphatic heterocycles. The number of anilines is 3. The molecule has 0 aliphatic carbocycles. The molecule has 386 valence electrons. The zero-order valence-electron chi connectivity index (χ0n) is 39.7. The van der Waals surface area contributed by atoms with Gasteiger partial charge < -0.3 is 29.9 Å². The number of benzene rings is 6. The molecule has 6 aromatic carbocycles. The third-order valence-electron chi connectivity index (χ3n) is 12.4. The van der Waals surface area contributed by atoms with Gasteiger partial charge in [0.2, 0.25) is 0 Å². The summed E-state index contributed by atoms with van der Waals surface area (Å²) in [5.74, 6) is 0. The molecule has 0 bridgehead atoms. The summed E-state index contributed by atoms with van der Waals surface area (Å²) in [4.78, 5) is 59.5. The second-order valence-corrected chi connectivity index (χ2v) is 18.3. The molecule has 6 aromatic rings. The van der Waals surface area contributed by atoms with Crippen molar-refractivity contribution in [2.45, 2.75) is 50.8 Å². The van der Waals surface area contributed by atoms with Gasteiger partial charge in [-0.1, -0.05) is 76.6 Å². The number of nitro groups is 3. The minimum absolute atomic E-state index is 0.0258. The van der Waals surface area contributed by atoms with Gasteiger partial charge in [0.15, 0.2) is 6.10 Å². The maximum absolute atomic E-state index is 12.7. The van der Waals surface area contributed by atoms with E-state index in [9.17, 15) is 58.2 Å². The fourth-order valence-corrected chi connectivity index (χ4v) is 9.01. The molecule has 3 fully saturated rings. The molecule has 1 unspecified atom stereocenters. The number of rotatable bonds is 12. The van der Waals surface area contributed by atoms with E-state index in [0.717, 1.165) is 92.3 Å². The van der Waals surface area contributed by atoms with E-state index >= 15 is 0 Å². The molecular formula is C52H51BBrF3N6O11. The normalized spacial score (nSPS) is 14.3. The second kappa shape index (κ2) is 25.9. The van der Waals surface area contributed by atoms with Crippen molar-refractivity contribution in [3.8, 4) is 22.3 Å². The summed E-state index contributed by atoms with van der Waals surface area (Å²) >= 11 is 3.34. The van der Waals surface area contributed by atoms with E-state index in [1.54, 1.807) is 60.7 Å². The van der Waals surface area contributed by atoms with E-state index in [2.05, 4.69) is 25.7 Å². The maximum Gasteiger partial charge on any atom is 0.488 e. The molecule has 3 saturated heterocycles. The first kappa shape index (κ1) is 55.8. The van der Waals surface area contributed by atoms with E-state index in [1.807, 2.05) is 29.2 Å². The number of halogens is 4. The van der Waals surface area contributed by atoms with E-state index in [0.29, 0.717) is 58.5 Å². The Bertz CT molecular complexity index is 2950. The van der Waals surface area contributed by atoms with Crippen LogP contribution in [-0.4, -0.2) is 95.1 Å². The lowest BCUT2D eigenvalue weighted by Gasteiger charge is -2.19. The summed E-state index contributed by atoms with van der Waals surface area (Å²) in [6, 6.07) is 33.6. The van der Waals surface area contributed by atoms with Crippen LogP contribution in [0.25, 0.3) is 22.3 Å². The zero-order chi connectivity index (χ0) is 53.5. The van der Waals surface area contributed by atoms with Crippen molar-refractivity contribution in [3.05, 3.63) is 179 Å². The molecule has 9 rings (SSSR count). The lowest BCUT2D eigenvalue weighted by atomic mass is 9.80. The SMILES string of the molecule is O=Cc1cccc(-c2ccc([N+](=O)[O-])c(N3CCCC3)c2)c1.O=Cc1cccc(B(O)O)c1.O=[N+]([O-])c1ccc(-c2cccc(C(O)C(F)(F)F)c2)cc1N1CCCC1.O=[N+]([O-])c1ccc(Br)cc1N1CCCC1. The average Bonchev–Trinajstić information content (AvgIpc) is 4.25. The van der Waals surface area contributed by atoms with Gasteiger partial charge >= 0.3 is 13.3 Å². The second-order valence-electron chi connectivity index (χ2n) is 17.4. The van der Waals surface area contributed by atoms with Crippen molar-refractivity contribution < 1.29 is 52.7 Å². The first-order chi connectivity index (χ1) is 35.4. The Morgan fingerprint density at radius 1 is 0.527 bits per heavy atom. The molecule has 17 nitrogen and oxygen atoms in total. The monoisotopic (exact) mass is 1080 g/mol.